The Morgan fingerprint density at radius 3 is 2.52 bits per heavy atom. The van der Waals surface area contributed by atoms with Crippen molar-refractivity contribution >= 4 is 5.97 Å². The minimum absolute atomic E-state index is 0.0890. The lowest BCUT2D eigenvalue weighted by molar-refractivity contribution is -0.156. The lowest BCUT2D eigenvalue weighted by Gasteiger charge is -2.33. The minimum atomic E-state index is -1.69. The van der Waals surface area contributed by atoms with E-state index in [2.05, 4.69) is 34.5 Å². The van der Waals surface area contributed by atoms with Crippen LogP contribution in [0, 0.1) is 0 Å². The molecule has 1 heterocycles. The first kappa shape index (κ1) is 15.9. The molecule has 0 bridgehead atoms. The van der Waals surface area contributed by atoms with Crippen LogP contribution in [-0.4, -0.2) is 52.4 Å². The molecule has 1 aromatic rings. The Labute approximate surface area is 125 Å². The fourth-order valence-corrected chi connectivity index (χ4v) is 2.56. The smallest absolute Gasteiger partial charge is 0.336 e. The molecule has 1 unspecified atom stereocenters. The monoisotopic (exact) mass is 292 g/mol. The highest BCUT2D eigenvalue weighted by atomic mass is 16.4. The van der Waals surface area contributed by atoms with E-state index in [4.69, 9.17) is 5.11 Å². The summed E-state index contributed by atoms with van der Waals surface area (Å²) in [6.07, 6.45) is 1.95. The van der Waals surface area contributed by atoms with Crippen LogP contribution in [0.3, 0.4) is 0 Å². The number of nitrogens with zero attached hydrogens (tertiary/aromatic N) is 1. The highest BCUT2D eigenvalue weighted by Crippen LogP contribution is 2.14. The number of aliphatic hydroxyl groups is 1. The molecular formula is C16H24N2O3. The second kappa shape index (κ2) is 7.02. The third-order valence-corrected chi connectivity index (χ3v) is 4.03. The average molecular weight is 292 g/mol. The van der Waals surface area contributed by atoms with Gasteiger partial charge in [-0.2, -0.15) is 0 Å². The lowest BCUT2D eigenvalue weighted by atomic mass is 10.0. The number of nitrogens with one attached hydrogen (secondary N) is 1. The fraction of sp³-hybridized carbons (Fsp3) is 0.562. The van der Waals surface area contributed by atoms with Gasteiger partial charge in [-0.25, -0.2) is 4.79 Å². The number of rotatable bonds is 6. The van der Waals surface area contributed by atoms with Crippen molar-refractivity contribution in [3.8, 4) is 0 Å². The summed E-state index contributed by atoms with van der Waals surface area (Å²) in [6, 6.07) is 10.7. The second-order valence-electron chi connectivity index (χ2n) is 6.00. The summed E-state index contributed by atoms with van der Waals surface area (Å²) in [4.78, 5) is 13.3. The molecule has 5 heteroatoms. The summed E-state index contributed by atoms with van der Waals surface area (Å²) in [5.74, 6) is -1.18. The van der Waals surface area contributed by atoms with Gasteiger partial charge in [0, 0.05) is 19.1 Å². The quantitative estimate of drug-likeness (QED) is 0.731. The van der Waals surface area contributed by atoms with Gasteiger partial charge >= 0.3 is 5.97 Å². The molecule has 1 fully saturated rings. The molecule has 116 valence electrons. The number of piperidine rings is 1. The number of carboxylic acids is 1. The van der Waals surface area contributed by atoms with Gasteiger partial charge in [0.05, 0.1) is 0 Å². The van der Waals surface area contributed by atoms with Gasteiger partial charge in [0.25, 0.3) is 0 Å². The summed E-state index contributed by atoms with van der Waals surface area (Å²) in [5, 5.41) is 21.7. The van der Waals surface area contributed by atoms with Gasteiger partial charge in [-0.05, 0) is 38.4 Å². The van der Waals surface area contributed by atoms with Crippen molar-refractivity contribution in [3.63, 3.8) is 0 Å². The molecule has 0 radical (unpaired) electrons. The van der Waals surface area contributed by atoms with Crippen molar-refractivity contribution in [3.05, 3.63) is 35.9 Å². The molecule has 1 atom stereocenters. The van der Waals surface area contributed by atoms with Gasteiger partial charge in [0.15, 0.2) is 5.60 Å². The number of carbonyl (C=O) groups is 1. The van der Waals surface area contributed by atoms with Crippen LogP contribution in [0.1, 0.15) is 25.3 Å². The van der Waals surface area contributed by atoms with E-state index in [1.165, 1.54) is 12.5 Å². The molecule has 5 nitrogen and oxygen atoms in total. The van der Waals surface area contributed by atoms with Gasteiger partial charge in [-0.15, -0.1) is 0 Å². The fourth-order valence-electron chi connectivity index (χ4n) is 2.56. The molecule has 0 saturated carbocycles. The van der Waals surface area contributed by atoms with Crippen molar-refractivity contribution < 1.29 is 15.0 Å². The van der Waals surface area contributed by atoms with Gasteiger partial charge < -0.3 is 15.5 Å². The summed E-state index contributed by atoms with van der Waals surface area (Å²) in [7, 11) is 0. The maximum absolute atomic E-state index is 10.9. The van der Waals surface area contributed by atoms with Crippen molar-refractivity contribution in [1.29, 1.82) is 0 Å². The van der Waals surface area contributed by atoms with Crippen LogP contribution in [0.15, 0.2) is 30.3 Å². The van der Waals surface area contributed by atoms with E-state index in [0.717, 1.165) is 32.5 Å². The van der Waals surface area contributed by atoms with Gasteiger partial charge in [-0.3, -0.25) is 4.90 Å². The number of benzene rings is 1. The van der Waals surface area contributed by atoms with Gasteiger partial charge in [0.1, 0.15) is 0 Å². The topological polar surface area (TPSA) is 72.8 Å². The van der Waals surface area contributed by atoms with Crippen LogP contribution < -0.4 is 5.32 Å². The molecule has 0 spiro atoms. The number of aliphatic carboxylic acids is 1. The molecule has 0 amide bonds. The van der Waals surface area contributed by atoms with E-state index in [-0.39, 0.29) is 12.6 Å². The Bertz CT molecular complexity index is 454. The molecular weight excluding hydrogens is 268 g/mol. The summed E-state index contributed by atoms with van der Waals surface area (Å²) in [5.41, 5.74) is -0.376. The van der Waals surface area contributed by atoms with Crippen LogP contribution in [0.2, 0.25) is 0 Å². The van der Waals surface area contributed by atoms with Crippen LogP contribution in [-0.2, 0) is 11.3 Å². The highest BCUT2D eigenvalue weighted by Gasteiger charge is 2.31. The lowest BCUT2D eigenvalue weighted by Crippen LogP contribution is -2.50. The minimum Gasteiger partial charge on any atom is -0.479 e. The van der Waals surface area contributed by atoms with Crippen molar-refractivity contribution in [2.45, 2.75) is 38.0 Å². The SMILES string of the molecule is CC(O)(CNC1CCN(Cc2ccccc2)CC1)C(=O)O. The number of hydrogen-bond donors (Lipinski definition) is 3. The Kier molecular flexibility index (Phi) is 5.33. The summed E-state index contributed by atoms with van der Waals surface area (Å²) < 4.78 is 0. The molecule has 1 aliphatic heterocycles. The van der Waals surface area contributed by atoms with Crippen LogP contribution in [0.25, 0.3) is 0 Å². The van der Waals surface area contributed by atoms with E-state index < -0.39 is 11.6 Å². The molecule has 21 heavy (non-hydrogen) atoms. The average Bonchev–Trinajstić information content (AvgIpc) is 2.47. The van der Waals surface area contributed by atoms with Crippen molar-refractivity contribution in [2.75, 3.05) is 19.6 Å². The highest BCUT2D eigenvalue weighted by molar-refractivity contribution is 5.76. The predicted molar refractivity (Wildman–Crippen MR) is 81.0 cm³/mol. The summed E-state index contributed by atoms with van der Waals surface area (Å²) >= 11 is 0. The maximum atomic E-state index is 10.9. The van der Waals surface area contributed by atoms with E-state index in [9.17, 15) is 9.90 Å². The first-order valence-corrected chi connectivity index (χ1v) is 7.43. The van der Waals surface area contributed by atoms with Crippen LogP contribution >= 0.6 is 0 Å². The van der Waals surface area contributed by atoms with E-state index in [1.807, 2.05) is 6.07 Å². The Balaban J connectivity index is 1.72. The molecule has 2 rings (SSSR count). The van der Waals surface area contributed by atoms with Gasteiger partial charge in [-0.1, -0.05) is 30.3 Å². The predicted octanol–water partition coefficient (Wildman–Crippen LogP) is 1.08. The first-order valence-electron chi connectivity index (χ1n) is 7.43. The third-order valence-electron chi connectivity index (χ3n) is 4.03. The van der Waals surface area contributed by atoms with Crippen molar-refractivity contribution in [2.24, 2.45) is 0 Å². The third kappa shape index (κ3) is 4.81. The van der Waals surface area contributed by atoms with Gasteiger partial charge in [0.2, 0.25) is 0 Å². The summed E-state index contributed by atoms with van der Waals surface area (Å²) in [6.45, 7) is 4.35. The normalized spacial score (nSPS) is 20.1. The van der Waals surface area contributed by atoms with E-state index in [1.54, 1.807) is 0 Å². The molecule has 1 aromatic carbocycles. The van der Waals surface area contributed by atoms with Crippen LogP contribution in [0.4, 0.5) is 0 Å². The van der Waals surface area contributed by atoms with Crippen LogP contribution in [0.5, 0.6) is 0 Å². The van der Waals surface area contributed by atoms with E-state index >= 15 is 0 Å². The zero-order valence-electron chi connectivity index (χ0n) is 12.5. The molecule has 1 aliphatic rings. The maximum Gasteiger partial charge on any atom is 0.336 e. The number of likely N-dealkylation sites (tertiary alicyclic amines) is 1. The molecule has 0 aliphatic carbocycles. The Hall–Kier alpha value is -1.43. The zero-order chi connectivity index (χ0) is 15.3. The Morgan fingerprint density at radius 1 is 1.33 bits per heavy atom. The van der Waals surface area contributed by atoms with Crippen molar-refractivity contribution in [1.82, 2.24) is 10.2 Å². The standard InChI is InChI=1S/C16H24N2O3/c1-16(21,15(19)20)12-17-14-7-9-18(10-8-14)11-13-5-3-2-4-6-13/h2-6,14,17,21H,7-12H2,1H3,(H,19,20). The Morgan fingerprint density at radius 2 is 1.95 bits per heavy atom. The number of carboxylic acid groups (broad SMARTS) is 1. The first-order chi connectivity index (χ1) is 9.97. The second-order valence-corrected chi connectivity index (χ2v) is 6.00. The largest absolute Gasteiger partial charge is 0.479 e. The molecule has 1 saturated heterocycles. The number of hydrogen-bond acceptors (Lipinski definition) is 4. The zero-order valence-corrected chi connectivity index (χ0v) is 12.5. The van der Waals surface area contributed by atoms with E-state index in [0.29, 0.717) is 0 Å². The molecule has 3 N–H and O–H groups in total. The molecule has 0 aromatic heterocycles.